The van der Waals surface area contributed by atoms with Gasteiger partial charge in [-0.15, -0.1) is 0 Å². The number of alkyl halides is 3. The van der Waals surface area contributed by atoms with Gasteiger partial charge in [0.25, 0.3) is 0 Å². The number of H-pyrrole nitrogens is 1. The summed E-state index contributed by atoms with van der Waals surface area (Å²) in [7, 11) is -1.52. The van der Waals surface area contributed by atoms with Crippen LogP contribution < -0.4 is 4.90 Å². The Hall–Kier alpha value is -2.85. The summed E-state index contributed by atoms with van der Waals surface area (Å²) in [6.07, 6.45) is 0.949. The average molecular weight is 524 g/mol. The minimum Gasteiger partial charge on any atom is -0.341 e. The molecular formula is C24H25ClF3N5OS. The third-order valence-electron chi connectivity index (χ3n) is 5.64. The Balaban J connectivity index is 1.60. The van der Waals surface area contributed by atoms with Gasteiger partial charge in [-0.3, -0.25) is 9.19 Å². The number of fused-ring (bicyclic) bond motifs is 1. The fourth-order valence-electron chi connectivity index (χ4n) is 4.01. The number of nitrogens with zero attached hydrogens (tertiary/aromatic N) is 4. The molecule has 1 aromatic carbocycles. The molecule has 0 saturated carbocycles. The molecule has 35 heavy (non-hydrogen) atoms. The van der Waals surface area contributed by atoms with E-state index in [1.807, 2.05) is 54.4 Å². The van der Waals surface area contributed by atoms with Crippen molar-refractivity contribution in [3.8, 4) is 5.69 Å². The summed E-state index contributed by atoms with van der Waals surface area (Å²) in [5.74, 6) is 0.678. The lowest BCUT2D eigenvalue weighted by Crippen LogP contribution is -2.18. The highest BCUT2D eigenvalue weighted by Crippen LogP contribution is 2.37. The molecule has 186 valence electrons. The SMILES string of the molecule is CCN(c1cn(-c2cccnc2)nc1Cl)c1[nH]c2ccccc2c1CCCS(=O)CCC(F)(F)F. The number of aryl methyl sites for hydroxylation is 1. The monoisotopic (exact) mass is 523 g/mol. The van der Waals surface area contributed by atoms with Crippen molar-refractivity contribution in [3.05, 3.63) is 65.7 Å². The molecule has 1 atom stereocenters. The second kappa shape index (κ2) is 10.8. The van der Waals surface area contributed by atoms with Crippen molar-refractivity contribution in [2.75, 3.05) is 23.0 Å². The van der Waals surface area contributed by atoms with Gasteiger partial charge in [0.05, 0.1) is 24.5 Å². The first-order chi connectivity index (χ1) is 16.8. The van der Waals surface area contributed by atoms with Crippen LogP contribution in [0.15, 0.2) is 55.0 Å². The van der Waals surface area contributed by atoms with Crippen molar-refractivity contribution in [1.82, 2.24) is 19.7 Å². The van der Waals surface area contributed by atoms with Crippen LogP contribution in [0.25, 0.3) is 16.6 Å². The highest BCUT2D eigenvalue weighted by Gasteiger charge is 2.27. The van der Waals surface area contributed by atoms with Gasteiger partial charge in [0.2, 0.25) is 0 Å². The van der Waals surface area contributed by atoms with E-state index in [9.17, 15) is 17.4 Å². The topological polar surface area (TPSA) is 66.8 Å². The maximum atomic E-state index is 12.5. The molecule has 0 aliphatic heterocycles. The van der Waals surface area contributed by atoms with Gasteiger partial charge in [-0.25, -0.2) is 4.68 Å². The van der Waals surface area contributed by atoms with Crippen LogP contribution in [0, 0.1) is 0 Å². The second-order valence-electron chi connectivity index (χ2n) is 8.02. The van der Waals surface area contributed by atoms with Gasteiger partial charge in [0.15, 0.2) is 5.15 Å². The normalized spacial score (nSPS) is 12.8. The van der Waals surface area contributed by atoms with Gasteiger partial charge in [-0.2, -0.15) is 18.3 Å². The standard InChI is InChI=1S/C24H25ClF3N5OS/c1-2-32(21-16-33(31-22(21)25)17-7-5-12-29-15-17)23-19(18-8-3-4-10-20(18)30-23)9-6-13-35(34)14-11-24(26,27)28/h3-5,7-8,10,12,15-16,30H,2,6,9,11,13-14H2,1H3. The van der Waals surface area contributed by atoms with E-state index in [1.165, 1.54) is 0 Å². The summed E-state index contributed by atoms with van der Waals surface area (Å²) >= 11 is 6.55. The third kappa shape index (κ3) is 6.05. The number of aromatic amines is 1. The van der Waals surface area contributed by atoms with Crippen molar-refractivity contribution in [1.29, 1.82) is 0 Å². The van der Waals surface area contributed by atoms with Gasteiger partial charge in [0.1, 0.15) is 11.5 Å². The van der Waals surface area contributed by atoms with Gasteiger partial charge in [-0.05, 0) is 38.0 Å². The quantitative estimate of drug-likeness (QED) is 0.269. The maximum absolute atomic E-state index is 12.5. The number of para-hydroxylation sites is 1. The second-order valence-corrected chi connectivity index (χ2v) is 10.1. The van der Waals surface area contributed by atoms with E-state index < -0.39 is 23.4 Å². The first-order valence-corrected chi connectivity index (χ1v) is 13.1. The third-order valence-corrected chi connectivity index (χ3v) is 7.31. The zero-order chi connectivity index (χ0) is 25.0. The highest BCUT2D eigenvalue weighted by molar-refractivity contribution is 7.84. The lowest BCUT2D eigenvalue weighted by Gasteiger charge is -2.22. The highest BCUT2D eigenvalue weighted by atomic mass is 35.5. The molecule has 0 fully saturated rings. The van der Waals surface area contributed by atoms with E-state index in [0.717, 1.165) is 28.0 Å². The smallest absolute Gasteiger partial charge is 0.341 e. The molecule has 3 aromatic heterocycles. The first-order valence-electron chi connectivity index (χ1n) is 11.2. The molecule has 1 N–H and O–H groups in total. The van der Waals surface area contributed by atoms with Crippen molar-refractivity contribution < 1.29 is 17.4 Å². The van der Waals surface area contributed by atoms with Crippen LogP contribution in [0.5, 0.6) is 0 Å². The fourth-order valence-corrected chi connectivity index (χ4v) is 5.37. The molecule has 0 radical (unpaired) electrons. The Morgan fingerprint density at radius 3 is 2.69 bits per heavy atom. The number of pyridine rings is 1. The molecule has 11 heteroatoms. The minimum absolute atomic E-state index is 0.209. The Bertz CT molecular complexity index is 1310. The van der Waals surface area contributed by atoms with Gasteiger partial charge in [0, 0.05) is 51.5 Å². The summed E-state index contributed by atoms with van der Waals surface area (Å²) < 4.78 is 51.2. The predicted molar refractivity (Wildman–Crippen MR) is 134 cm³/mol. The van der Waals surface area contributed by atoms with Crippen LogP contribution in [0.2, 0.25) is 5.15 Å². The van der Waals surface area contributed by atoms with E-state index in [2.05, 4.69) is 15.1 Å². The van der Waals surface area contributed by atoms with Crippen LogP contribution >= 0.6 is 11.6 Å². The van der Waals surface area contributed by atoms with E-state index >= 15 is 0 Å². The number of hydrogen-bond acceptors (Lipinski definition) is 4. The zero-order valence-corrected chi connectivity index (χ0v) is 20.6. The van der Waals surface area contributed by atoms with Crippen molar-refractivity contribution in [2.45, 2.75) is 32.4 Å². The van der Waals surface area contributed by atoms with Gasteiger partial charge in [-0.1, -0.05) is 29.8 Å². The molecule has 0 amide bonds. The van der Waals surface area contributed by atoms with Crippen molar-refractivity contribution in [3.63, 3.8) is 0 Å². The summed E-state index contributed by atoms with van der Waals surface area (Å²) in [5.41, 5.74) is 3.42. The van der Waals surface area contributed by atoms with Crippen LogP contribution in [-0.2, 0) is 17.2 Å². The lowest BCUT2D eigenvalue weighted by atomic mass is 10.1. The van der Waals surface area contributed by atoms with E-state index in [-0.39, 0.29) is 11.5 Å². The summed E-state index contributed by atoms with van der Waals surface area (Å²) in [6.45, 7) is 2.59. The van der Waals surface area contributed by atoms with Crippen LogP contribution in [0.3, 0.4) is 0 Å². The largest absolute Gasteiger partial charge is 0.390 e. The van der Waals surface area contributed by atoms with Crippen LogP contribution in [-0.4, -0.2) is 48.2 Å². The van der Waals surface area contributed by atoms with Gasteiger partial charge < -0.3 is 9.88 Å². The van der Waals surface area contributed by atoms with Gasteiger partial charge >= 0.3 is 6.18 Å². The Labute approximate surface area is 208 Å². The summed E-state index contributed by atoms with van der Waals surface area (Å²) in [4.78, 5) is 9.62. The van der Waals surface area contributed by atoms with Crippen molar-refractivity contribution >= 4 is 44.8 Å². The molecule has 1 unspecified atom stereocenters. The van der Waals surface area contributed by atoms with Crippen LogP contribution in [0.4, 0.5) is 24.7 Å². The Morgan fingerprint density at radius 2 is 1.97 bits per heavy atom. The molecule has 3 heterocycles. The summed E-state index contributed by atoms with van der Waals surface area (Å²) in [5, 5.41) is 5.78. The molecule has 0 saturated heterocycles. The number of rotatable bonds is 10. The molecule has 0 spiro atoms. The molecule has 6 nitrogen and oxygen atoms in total. The maximum Gasteiger partial charge on any atom is 0.390 e. The minimum atomic E-state index is -4.29. The number of nitrogens with one attached hydrogen (secondary N) is 1. The van der Waals surface area contributed by atoms with E-state index in [0.29, 0.717) is 30.2 Å². The summed E-state index contributed by atoms with van der Waals surface area (Å²) in [6, 6.07) is 11.5. The molecule has 4 rings (SSSR count). The molecule has 0 aliphatic rings. The Morgan fingerprint density at radius 1 is 1.17 bits per heavy atom. The number of aromatic nitrogens is 4. The number of halogens is 4. The average Bonchev–Trinajstić information content (AvgIpc) is 3.40. The fraction of sp³-hybridized carbons (Fsp3) is 0.333. The number of hydrogen-bond donors (Lipinski definition) is 1. The first kappa shape index (κ1) is 25.2. The van der Waals surface area contributed by atoms with Crippen molar-refractivity contribution in [2.24, 2.45) is 0 Å². The molecule has 0 bridgehead atoms. The van der Waals surface area contributed by atoms with E-state index in [1.54, 1.807) is 17.1 Å². The molecular weight excluding hydrogens is 499 g/mol. The predicted octanol–water partition coefficient (Wildman–Crippen LogP) is 6.19. The molecule has 0 aliphatic carbocycles. The Kier molecular flexibility index (Phi) is 7.81. The number of benzene rings is 1. The lowest BCUT2D eigenvalue weighted by molar-refractivity contribution is -0.129. The van der Waals surface area contributed by atoms with Crippen LogP contribution in [0.1, 0.15) is 25.3 Å². The molecule has 4 aromatic rings. The zero-order valence-electron chi connectivity index (χ0n) is 19.1. The van der Waals surface area contributed by atoms with E-state index in [4.69, 9.17) is 11.6 Å². The number of anilines is 2.